The average Bonchev–Trinajstić information content (AvgIpc) is 2.86. The molecule has 0 amide bonds. The lowest BCUT2D eigenvalue weighted by molar-refractivity contribution is 0.146. The number of aliphatic imine (C=N–C) groups is 1. The van der Waals surface area contributed by atoms with E-state index in [0.717, 1.165) is 61.4 Å². The lowest BCUT2D eigenvalue weighted by Gasteiger charge is -2.24. The van der Waals surface area contributed by atoms with Crippen molar-refractivity contribution in [2.45, 2.75) is 60.0 Å². The van der Waals surface area contributed by atoms with Crippen LogP contribution in [0.3, 0.4) is 0 Å². The van der Waals surface area contributed by atoms with Crippen LogP contribution < -0.4 is 10.2 Å². The van der Waals surface area contributed by atoms with Crippen molar-refractivity contribution in [2.75, 3.05) is 44.9 Å². The zero-order valence-electron chi connectivity index (χ0n) is 22.8. The van der Waals surface area contributed by atoms with Crippen molar-refractivity contribution in [2.24, 2.45) is 4.99 Å². The van der Waals surface area contributed by atoms with Gasteiger partial charge < -0.3 is 19.7 Å². The number of allylic oxidation sites excluding steroid dienone is 2. The molecule has 6 heteroatoms. The Balaban J connectivity index is 1.95. The Morgan fingerprint density at radius 1 is 1.08 bits per heavy atom. The first-order valence-corrected chi connectivity index (χ1v) is 13.2. The van der Waals surface area contributed by atoms with Crippen molar-refractivity contribution in [3.63, 3.8) is 0 Å². The van der Waals surface area contributed by atoms with E-state index in [1.165, 1.54) is 0 Å². The molecule has 1 N–H and O–H groups in total. The van der Waals surface area contributed by atoms with Gasteiger partial charge in [0.05, 0.1) is 25.1 Å². The van der Waals surface area contributed by atoms with Gasteiger partial charge in [-0.1, -0.05) is 56.7 Å². The first-order valence-electron chi connectivity index (χ1n) is 13.2. The van der Waals surface area contributed by atoms with Gasteiger partial charge >= 0.3 is 0 Å². The van der Waals surface area contributed by atoms with E-state index >= 15 is 4.39 Å². The molecule has 2 aromatic carbocycles. The smallest absolute Gasteiger partial charge is 0.149 e. The number of nitrogens with one attached hydrogen (secondary N) is 1. The maximum absolute atomic E-state index is 15.0. The Morgan fingerprint density at radius 3 is 2.61 bits per heavy atom. The minimum Gasteiger partial charge on any atom is -0.491 e. The standard InChI is InChI=1S/C30H44FN3O2/c1-6-10-27-15-14-24(4)29(31)30(27)34(5)23-26-13-9-12-25(20-26)21-33-22-28(11-7-2)36-19-17-32-16-18-35-8-3/h9,11-15,20,22,32H,6-8,10,16-19,21,23H2,1-5H3/b28-11+,33-22?. The molecule has 0 spiro atoms. The zero-order chi connectivity index (χ0) is 26.2. The Bertz CT molecular complexity index is 975. The third-order valence-corrected chi connectivity index (χ3v) is 5.78. The van der Waals surface area contributed by atoms with Gasteiger partial charge in [0.2, 0.25) is 0 Å². The van der Waals surface area contributed by atoms with Gasteiger partial charge in [-0.2, -0.15) is 0 Å². The molecule has 2 rings (SSSR count). The van der Waals surface area contributed by atoms with E-state index in [1.54, 1.807) is 0 Å². The number of rotatable bonds is 17. The summed E-state index contributed by atoms with van der Waals surface area (Å²) < 4.78 is 26.2. The van der Waals surface area contributed by atoms with E-state index in [-0.39, 0.29) is 5.82 Å². The van der Waals surface area contributed by atoms with Crippen molar-refractivity contribution in [3.05, 3.63) is 76.3 Å². The van der Waals surface area contributed by atoms with Crippen LogP contribution in [0.2, 0.25) is 0 Å². The summed E-state index contributed by atoms with van der Waals surface area (Å²) in [5.74, 6) is 0.669. The summed E-state index contributed by atoms with van der Waals surface area (Å²) in [6, 6.07) is 12.3. The van der Waals surface area contributed by atoms with Crippen LogP contribution in [0, 0.1) is 12.7 Å². The first-order chi connectivity index (χ1) is 17.5. The number of hydrogen-bond acceptors (Lipinski definition) is 5. The number of nitrogens with zero attached hydrogens (tertiary/aromatic N) is 2. The van der Waals surface area contributed by atoms with Gasteiger partial charge in [-0.05, 0) is 55.0 Å². The Morgan fingerprint density at radius 2 is 1.86 bits per heavy atom. The lowest BCUT2D eigenvalue weighted by Crippen LogP contribution is -2.24. The minimum atomic E-state index is -0.121. The van der Waals surface area contributed by atoms with Crippen LogP contribution in [0.5, 0.6) is 0 Å². The minimum absolute atomic E-state index is 0.121. The second kappa shape index (κ2) is 16.9. The fourth-order valence-electron chi connectivity index (χ4n) is 4.01. The summed E-state index contributed by atoms with van der Waals surface area (Å²) in [4.78, 5) is 6.63. The van der Waals surface area contributed by atoms with Crippen molar-refractivity contribution in [1.29, 1.82) is 0 Å². The molecule has 0 aromatic heterocycles. The van der Waals surface area contributed by atoms with Gasteiger partial charge in [-0.25, -0.2) is 4.39 Å². The fraction of sp³-hybridized carbons (Fsp3) is 0.500. The highest BCUT2D eigenvalue weighted by Gasteiger charge is 2.15. The summed E-state index contributed by atoms with van der Waals surface area (Å²) in [7, 11) is 1.96. The number of hydrogen-bond donors (Lipinski definition) is 1. The molecular formula is C30H44FN3O2. The summed E-state index contributed by atoms with van der Waals surface area (Å²) in [6.45, 7) is 12.8. The predicted octanol–water partition coefficient (Wildman–Crippen LogP) is 6.23. The molecule has 0 aliphatic carbocycles. The van der Waals surface area contributed by atoms with Gasteiger partial charge in [0, 0.05) is 33.3 Å². The highest BCUT2D eigenvalue weighted by Crippen LogP contribution is 2.28. The number of aryl methyl sites for hydroxylation is 2. The van der Waals surface area contributed by atoms with E-state index in [2.05, 4.69) is 48.4 Å². The molecule has 0 aliphatic rings. The maximum Gasteiger partial charge on any atom is 0.149 e. The topological polar surface area (TPSA) is 46.1 Å². The van der Waals surface area contributed by atoms with Gasteiger partial charge in [-0.3, -0.25) is 4.99 Å². The Labute approximate surface area is 217 Å². The predicted molar refractivity (Wildman–Crippen MR) is 150 cm³/mol. The average molecular weight is 498 g/mol. The molecule has 0 saturated carbocycles. The molecular weight excluding hydrogens is 453 g/mol. The van der Waals surface area contributed by atoms with E-state index in [9.17, 15) is 0 Å². The van der Waals surface area contributed by atoms with Gasteiger partial charge in [0.25, 0.3) is 0 Å². The van der Waals surface area contributed by atoms with E-state index in [4.69, 9.17) is 9.47 Å². The number of benzene rings is 2. The quantitative estimate of drug-likeness (QED) is 0.160. The molecule has 2 aromatic rings. The summed E-state index contributed by atoms with van der Waals surface area (Å²) in [5, 5.41) is 3.30. The van der Waals surface area contributed by atoms with Crippen molar-refractivity contribution in [1.82, 2.24) is 5.32 Å². The normalized spacial score (nSPS) is 11.9. The second-order valence-electron chi connectivity index (χ2n) is 8.91. The van der Waals surface area contributed by atoms with Crippen molar-refractivity contribution < 1.29 is 13.9 Å². The molecule has 5 nitrogen and oxygen atoms in total. The van der Waals surface area contributed by atoms with Crippen LogP contribution in [0.4, 0.5) is 10.1 Å². The highest BCUT2D eigenvalue weighted by atomic mass is 19.1. The number of halogens is 1. The van der Waals surface area contributed by atoms with Gasteiger partial charge in [0.15, 0.2) is 0 Å². The van der Waals surface area contributed by atoms with Gasteiger partial charge in [0.1, 0.15) is 18.2 Å². The number of ether oxygens (including phenoxy) is 2. The fourth-order valence-corrected chi connectivity index (χ4v) is 4.01. The number of anilines is 1. The molecule has 0 heterocycles. The van der Waals surface area contributed by atoms with E-state index in [1.807, 2.05) is 50.2 Å². The molecule has 0 saturated heterocycles. The first kappa shape index (κ1) is 29.5. The second-order valence-corrected chi connectivity index (χ2v) is 8.91. The molecule has 0 bridgehead atoms. The molecule has 36 heavy (non-hydrogen) atoms. The van der Waals surface area contributed by atoms with Crippen LogP contribution in [0.25, 0.3) is 0 Å². The zero-order valence-corrected chi connectivity index (χ0v) is 22.8. The highest BCUT2D eigenvalue weighted by molar-refractivity contribution is 5.75. The van der Waals surface area contributed by atoms with Crippen LogP contribution >= 0.6 is 0 Å². The third kappa shape index (κ3) is 10.1. The van der Waals surface area contributed by atoms with Crippen LogP contribution in [0.15, 0.2) is 53.2 Å². The summed E-state index contributed by atoms with van der Waals surface area (Å²) >= 11 is 0. The summed E-state index contributed by atoms with van der Waals surface area (Å²) in [6.07, 6.45) is 6.58. The van der Waals surface area contributed by atoms with E-state index < -0.39 is 0 Å². The van der Waals surface area contributed by atoms with Crippen LogP contribution in [0.1, 0.15) is 55.9 Å². The van der Waals surface area contributed by atoms with Gasteiger partial charge in [-0.15, -0.1) is 0 Å². The SMILES string of the molecule is CC/C=C(\C=NCc1cccc(CN(C)c2c(CCC)ccc(C)c2F)c1)OCCNCCOCC. The molecule has 0 fully saturated rings. The molecule has 198 valence electrons. The van der Waals surface area contributed by atoms with Crippen LogP contribution in [-0.2, 0) is 29.0 Å². The molecule has 0 aliphatic heterocycles. The summed E-state index contributed by atoms with van der Waals surface area (Å²) in [5.41, 5.74) is 4.69. The molecule has 0 radical (unpaired) electrons. The molecule has 0 unspecified atom stereocenters. The monoisotopic (exact) mass is 497 g/mol. The third-order valence-electron chi connectivity index (χ3n) is 5.78. The molecule has 0 atom stereocenters. The van der Waals surface area contributed by atoms with Crippen LogP contribution in [-0.4, -0.2) is 46.2 Å². The van der Waals surface area contributed by atoms with Crippen molar-refractivity contribution in [3.8, 4) is 0 Å². The lowest BCUT2D eigenvalue weighted by atomic mass is 10.0. The maximum atomic E-state index is 15.0. The largest absolute Gasteiger partial charge is 0.491 e. The van der Waals surface area contributed by atoms with Crippen molar-refractivity contribution >= 4 is 11.9 Å². The Kier molecular flexibility index (Phi) is 13.8. The van der Waals surface area contributed by atoms with E-state index in [0.29, 0.717) is 37.6 Å². The Hall–Kier alpha value is -2.70.